The third-order valence-corrected chi connectivity index (χ3v) is 3.87. The fraction of sp³-hybridized carbons (Fsp3) is 0.333. The Bertz CT molecular complexity index is 772. The van der Waals surface area contributed by atoms with E-state index in [0.29, 0.717) is 18.6 Å². The van der Waals surface area contributed by atoms with Crippen molar-refractivity contribution in [2.45, 2.75) is 26.1 Å². The lowest BCUT2D eigenvalue weighted by molar-refractivity contribution is -0.138. The van der Waals surface area contributed by atoms with Crippen molar-refractivity contribution in [3.63, 3.8) is 0 Å². The van der Waals surface area contributed by atoms with E-state index in [1.807, 2.05) is 13.0 Å². The van der Waals surface area contributed by atoms with Crippen molar-refractivity contribution in [1.82, 2.24) is 15.6 Å². The summed E-state index contributed by atoms with van der Waals surface area (Å²) in [6.45, 7) is 2.39. The highest BCUT2D eigenvalue weighted by Gasteiger charge is 2.33. The minimum Gasteiger partial charge on any atom is -0.356 e. The van der Waals surface area contributed by atoms with Crippen LogP contribution in [0.5, 0.6) is 0 Å². The number of aliphatic imine (C=N–C) groups is 1. The van der Waals surface area contributed by atoms with E-state index >= 15 is 0 Å². The minimum absolute atomic E-state index is 0.0492. The highest BCUT2D eigenvalue weighted by Crippen LogP contribution is 2.32. The molecule has 2 aromatic rings. The van der Waals surface area contributed by atoms with Crippen molar-refractivity contribution in [3.8, 4) is 0 Å². The first-order valence-corrected chi connectivity index (χ1v) is 8.01. The second kappa shape index (κ2) is 8.64. The fourth-order valence-corrected chi connectivity index (χ4v) is 2.46. The van der Waals surface area contributed by atoms with Crippen molar-refractivity contribution in [1.29, 1.82) is 0 Å². The predicted molar refractivity (Wildman–Crippen MR) is 92.3 cm³/mol. The summed E-state index contributed by atoms with van der Waals surface area (Å²) in [6, 6.07) is 4.55. The average Bonchev–Trinajstić information content (AvgIpc) is 2.59. The molecule has 0 aliphatic heterocycles. The number of pyridine rings is 1. The molecule has 1 aromatic heterocycles. The minimum atomic E-state index is -4.62. The van der Waals surface area contributed by atoms with Gasteiger partial charge in [-0.05, 0) is 48.2 Å². The number of halogens is 4. The quantitative estimate of drug-likeness (QED) is 0.483. The molecule has 26 heavy (non-hydrogen) atoms. The van der Waals surface area contributed by atoms with E-state index in [1.165, 1.54) is 7.05 Å². The van der Waals surface area contributed by atoms with E-state index in [2.05, 4.69) is 20.6 Å². The lowest BCUT2D eigenvalue weighted by atomic mass is 10.1. The molecule has 0 atom stereocenters. The van der Waals surface area contributed by atoms with Crippen LogP contribution in [-0.2, 0) is 19.1 Å². The monoisotopic (exact) mass is 368 g/mol. The van der Waals surface area contributed by atoms with E-state index in [1.54, 1.807) is 12.4 Å². The van der Waals surface area contributed by atoms with Gasteiger partial charge in [0.1, 0.15) is 5.82 Å². The van der Waals surface area contributed by atoms with Gasteiger partial charge in [-0.3, -0.25) is 9.98 Å². The molecule has 0 fully saturated rings. The van der Waals surface area contributed by atoms with Crippen LogP contribution in [0.4, 0.5) is 17.6 Å². The standard InChI is InChI=1S/C18H20F4N4/c1-12-10-24-7-5-13(12)6-8-25-17(23-2)26-11-14-3-4-15(19)9-16(14)18(20,21)22/h3-5,7,9-10H,6,8,11H2,1-2H3,(H2,23,25,26). The van der Waals surface area contributed by atoms with Crippen LogP contribution >= 0.6 is 0 Å². The van der Waals surface area contributed by atoms with Crippen LogP contribution in [0.1, 0.15) is 22.3 Å². The molecule has 0 amide bonds. The molecule has 0 saturated heterocycles. The summed E-state index contributed by atoms with van der Waals surface area (Å²) in [5, 5.41) is 5.87. The van der Waals surface area contributed by atoms with Gasteiger partial charge >= 0.3 is 6.18 Å². The van der Waals surface area contributed by atoms with E-state index in [-0.39, 0.29) is 12.1 Å². The van der Waals surface area contributed by atoms with Gasteiger partial charge in [0.2, 0.25) is 0 Å². The molecule has 4 nitrogen and oxygen atoms in total. The van der Waals surface area contributed by atoms with Gasteiger partial charge in [-0.1, -0.05) is 6.07 Å². The Labute approximate surface area is 149 Å². The van der Waals surface area contributed by atoms with Crippen LogP contribution < -0.4 is 10.6 Å². The van der Waals surface area contributed by atoms with Crippen molar-refractivity contribution in [3.05, 3.63) is 64.7 Å². The van der Waals surface area contributed by atoms with E-state index < -0.39 is 17.6 Å². The normalized spacial score (nSPS) is 12.2. The summed E-state index contributed by atoms with van der Waals surface area (Å²) in [5.41, 5.74) is 1.15. The maximum Gasteiger partial charge on any atom is 0.416 e. The first-order chi connectivity index (χ1) is 12.3. The van der Waals surface area contributed by atoms with Crippen LogP contribution in [0.2, 0.25) is 0 Å². The van der Waals surface area contributed by atoms with Crippen molar-refractivity contribution in [2.24, 2.45) is 4.99 Å². The van der Waals surface area contributed by atoms with E-state index in [0.717, 1.165) is 29.7 Å². The smallest absolute Gasteiger partial charge is 0.356 e. The van der Waals surface area contributed by atoms with E-state index in [4.69, 9.17) is 0 Å². The summed E-state index contributed by atoms with van der Waals surface area (Å²) >= 11 is 0. The van der Waals surface area contributed by atoms with E-state index in [9.17, 15) is 17.6 Å². The molecule has 0 radical (unpaired) electrons. The zero-order chi connectivity index (χ0) is 19.2. The summed E-state index contributed by atoms with van der Waals surface area (Å²) in [5.74, 6) is -0.550. The van der Waals surface area contributed by atoms with Crippen LogP contribution in [0.25, 0.3) is 0 Å². The number of nitrogens with zero attached hydrogens (tertiary/aromatic N) is 2. The van der Waals surface area contributed by atoms with Gasteiger partial charge in [0.05, 0.1) is 5.56 Å². The maximum absolute atomic E-state index is 13.1. The lowest BCUT2D eigenvalue weighted by Crippen LogP contribution is -2.38. The van der Waals surface area contributed by atoms with Crippen LogP contribution in [0.3, 0.4) is 0 Å². The summed E-state index contributed by atoms with van der Waals surface area (Å²) < 4.78 is 52.2. The molecule has 2 rings (SSSR count). The van der Waals surface area contributed by atoms with Crippen molar-refractivity contribution >= 4 is 5.96 Å². The first-order valence-electron chi connectivity index (χ1n) is 8.01. The largest absolute Gasteiger partial charge is 0.416 e. The summed E-state index contributed by atoms with van der Waals surface area (Å²) in [7, 11) is 1.53. The van der Waals surface area contributed by atoms with Gasteiger partial charge in [-0.2, -0.15) is 13.2 Å². The second-order valence-electron chi connectivity index (χ2n) is 5.70. The molecular formula is C18H20F4N4. The number of guanidine groups is 1. The van der Waals surface area contributed by atoms with Gasteiger partial charge in [0.25, 0.3) is 0 Å². The Morgan fingerprint density at radius 1 is 1.15 bits per heavy atom. The highest BCUT2D eigenvalue weighted by atomic mass is 19.4. The zero-order valence-corrected chi connectivity index (χ0v) is 14.5. The number of alkyl halides is 3. The number of rotatable bonds is 5. The molecule has 8 heteroatoms. The average molecular weight is 368 g/mol. The Balaban J connectivity index is 1.94. The maximum atomic E-state index is 13.1. The molecule has 0 aliphatic carbocycles. The molecule has 2 N–H and O–H groups in total. The van der Waals surface area contributed by atoms with Crippen molar-refractivity contribution in [2.75, 3.05) is 13.6 Å². The molecule has 0 spiro atoms. The first kappa shape index (κ1) is 19.7. The third kappa shape index (κ3) is 5.44. The molecule has 140 valence electrons. The molecule has 1 aromatic carbocycles. The van der Waals surface area contributed by atoms with Gasteiger partial charge in [-0.25, -0.2) is 4.39 Å². The number of aromatic nitrogens is 1. The van der Waals surface area contributed by atoms with Crippen LogP contribution in [0.15, 0.2) is 41.7 Å². The lowest BCUT2D eigenvalue weighted by Gasteiger charge is -2.16. The molecule has 0 aliphatic rings. The van der Waals surface area contributed by atoms with Gasteiger partial charge < -0.3 is 10.6 Å². The Morgan fingerprint density at radius 3 is 2.58 bits per heavy atom. The molecule has 0 unspecified atom stereocenters. The molecular weight excluding hydrogens is 348 g/mol. The third-order valence-electron chi connectivity index (χ3n) is 3.87. The van der Waals surface area contributed by atoms with Gasteiger partial charge in [0, 0.05) is 32.5 Å². The van der Waals surface area contributed by atoms with Gasteiger partial charge in [0.15, 0.2) is 5.96 Å². The van der Waals surface area contributed by atoms with Crippen molar-refractivity contribution < 1.29 is 17.6 Å². The number of hydrogen-bond acceptors (Lipinski definition) is 2. The molecule has 1 heterocycles. The predicted octanol–water partition coefficient (Wildman–Crippen LogP) is 3.46. The Hall–Kier alpha value is -2.64. The topological polar surface area (TPSA) is 49.3 Å². The number of aryl methyl sites for hydroxylation is 1. The van der Waals surface area contributed by atoms with Gasteiger partial charge in [-0.15, -0.1) is 0 Å². The summed E-state index contributed by atoms with van der Waals surface area (Å²) in [6.07, 6.45) is -0.410. The number of nitrogens with one attached hydrogen (secondary N) is 2. The Kier molecular flexibility index (Phi) is 6.54. The Morgan fingerprint density at radius 2 is 1.92 bits per heavy atom. The van der Waals surface area contributed by atoms with Crippen LogP contribution in [0, 0.1) is 12.7 Å². The zero-order valence-electron chi connectivity index (χ0n) is 14.5. The number of hydrogen-bond donors (Lipinski definition) is 2. The second-order valence-corrected chi connectivity index (χ2v) is 5.70. The molecule has 0 saturated carbocycles. The molecule has 0 bridgehead atoms. The SMILES string of the molecule is CN=C(NCCc1ccncc1C)NCc1ccc(F)cc1C(F)(F)F. The number of benzene rings is 1. The summed E-state index contributed by atoms with van der Waals surface area (Å²) in [4.78, 5) is 8.02. The fourth-order valence-electron chi connectivity index (χ4n) is 2.46. The van der Waals surface area contributed by atoms with Crippen LogP contribution in [-0.4, -0.2) is 24.5 Å². The highest BCUT2D eigenvalue weighted by molar-refractivity contribution is 5.79.